The van der Waals surface area contributed by atoms with Crippen LogP contribution in [0.1, 0.15) is 16.1 Å². The van der Waals surface area contributed by atoms with E-state index in [0.717, 1.165) is 6.26 Å². The van der Waals surface area contributed by atoms with Gasteiger partial charge < -0.3 is 11.1 Å². The second kappa shape index (κ2) is 6.02. The summed E-state index contributed by atoms with van der Waals surface area (Å²) < 4.78 is 23.4. The van der Waals surface area contributed by atoms with Gasteiger partial charge in [-0.2, -0.15) is 0 Å². The number of nitrogens with one attached hydrogen (secondary N) is 1. The lowest BCUT2D eigenvalue weighted by atomic mass is 10.2. The molecule has 0 fully saturated rings. The number of hydrogen-bond acceptors (Lipinski definition) is 5. The SMILES string of the molecule is CS(=O)(=O)c1ccccc1NC(=O)c1ccnc(CN)c1. The normalized spacial score (nSPS) is 11.1. The van der Waals surface area contributed by atoms with Crippen molar-refractivity contribution in [3.05, 3.63) is 53.9 Å². The molecular formula is C14H15N3O3S. The Bertz CT molecular complexity index is 773. The van der Waals surface area contributed by atoms with Crippen LogP contribution < -0.4 is 11.1 Å². The Morgan fingerprint density at radius 1 is 1.29 bits per heavy atom. The molecule has 2 rings (SSSR count). The molecule has 7 heteroatoms. The molecule has 1 aromatic carbocycles. The fraction of sp³-hybridized carbons (Fsp3) is 0.143. The summed E-state index contributed by atoms with van der Waals surface area (Å²) >= 11 is 0. The van der Waals surface area contributed by atoms with E-state index in [1.54, 1.807) is 24.3 Å². The van der Waals surface area contributed by atoms with Crippen LogP contribution in [0, 0.1) is 0 Å². The fourth-order valence-electron chi connectivity index (χ4n) is 1.82. The summed E-state index contributed by atoms with van der Waals surface area (Å²) in [6, 6.07) is 9.35. The molecule has 1 aromatic heterocycles. The van der Waals surface area contributed by atoms with E-state index >= 15 is 0 Å². The molecule has 3 N–H and O–H groups in total. The zero-order chi connectivity index (χ0) is 15.5. The number of hydrogen-bond donors (Lipinski definition) is 2. The first-order chi connectivity index (χ1) is 9.91. The molecule has 0 bridgehead atoms. The number of carbonyl (C=O) groups excluding carboxylic acids is 1. The second-order valence-electron chi connectivity index (χ2n) is 4.46. The van der Waals surface area contributed by atoms with Crippen molar-refractivity contribution in [1.29, 1.82) is 0 Å². The molecule has 0 unspecified atom stereocenters. The van der Waals surface area contributed by atoms with Crippen LogP contribution in [-0.2, 0) is 16.4 Å². The van der Waals surface area contributed by atoms with Crippen molar-refractivity contribution in [2.24, 2.45) is 5.73 Å². The van der Waals surface area contributed by atoms with Crippen molar-refractivity contribution in [3.63, 3.8) is 0 Å². The quantitative estimate of drug-likeness (QED) is 0.883. The number of nitrogens with zero attached hydrogens (tertiary/aromatic N) is 1. The zero-order valence-corrected chi connectivity index (χ0v) is 12.2. The minimum Gasteiger partial charge on any atom is -0.325 e. The Balaban J connectivity index is 2.32. The van der Waals surface area contributed by atoms with Crippen LogP contribution in [0.4, 0.5) is 5.69 Å². The molecule has 0 radical (unpaired) electrons. The van der Waals surface area contributed by atoms with Crippen LogP contribution in [0.5, 0.6) is 0 Å². The van der Waals surface area contributed by atoms with Crippen LogP contribution in [0.3, 0.4) is 0 Å². The van der Waals surface area contributed by atoms with Crippen molar-refractivity contribution in [1.82, 2.24) is 4.98 Å². The number of pyridine rings is 1. The molecule has 2 aromatic rings. The Kier molecular flexibility index (Phi) is 4.35. The highest BCUT2D eigenvalue weighted by Gasteiger charge is 2.15. The standard InChI is InChI=1S/C14H15N3O3S/c1-21(19,20)13-5-3-2-4-12(13)17-14(18)10-6-7-16-11(8-10)9-15/h2-8H,9,15H2,1H3,(H,17,18). The predicted molar refractivity (Wildman–Crippen MR) is 79.6 cm³/mol. The highest BCUT2D eigenvalue weighted by atomic mass is 32.2. The second-order valence-corrected chi connectivity index (χ2v) is 6.45. The maximum absolute atomic E-state index is 12.2. The van der Waals surface area contributed by atoms with E-state index in [1.807, 2.05) is 0 Å². The zero-order valence-electron chi connectivity index (χ0n) is 11.4. The first-order valence-corrected chi connectivity index (χ1v) is 8.06. The monoisotopic (exact) mass is 305 g/mol. The third-order valence-corrected chi connectivity index (χ3v) is 3.98. The van der Waals surface area contributed by atoms with Gasteiger partial charge in [0.05, 0.1) is 16.3 Å². The van der Waals surface area contributed by atoms with E-state index in [-0.39, 0.29) is 17.1 Å². The number of para-hydroxylation sites is 1. The summed E-state index contributed by atoms with van der Waals surface area (Å²) in [5, 5.41) is 2.60. The summed E-state index contributed by atoms with van der Waals surface area (Å²) in [6.07, 6.45) is 2.58. The van der Waals surface area contributed by atoms with Crippen molar-refractivity contribution in [2.75, 3.05) is 11.6 Å². The number of anilines is 1. The third kappa shape index (κ3) is 3.65. The molecule has 0 aliphatic heterocycles. The lowest BCUT2D eigenvalue weighted by Gasteiger charge is -2.10. The van der Waals surface area contributed by atoms with E-state index in [4.69, 9.17) is 5.73 Å². The minimum atomic E-state index is -3.42. The number of aromatic nitrogens is 1. The van der Waals surface area contributed by atoms with Crippen molar-refractivity contribution in [2.45, 2.75) is 11.4 Å². The number of nitrogens with two attached hydrogens (primary N) is 1. The van der Waals surface area contributed by atoms with Gasteiger partial charge in [-0.1, -0.05) is 12.1 Å². The predicted octanol–water partition coefficient (Wildman–Crippen LogP) is 1.20. The Labute approximate surface area is 122 Å². The largest absolute Gasteiger partial charge is 0.325 e. The highest BCUT2D eigenvalue weighted by Crippen LogP contribution is 2.21. The van der Waals surface area contributed by atoms with Gasteiger partial charge in [-0.25, -0.2) is 8.42 Å². The van der Waals surface area contributed by atoms with Gasteiger partial charge in [0.2, 0.25) is 0 Å². The summed E-state index contributed by atoms with van der Waals surface area (Å²) in [5.41, 5.74) is 6.68. The van der Waals surface area contributed by atoms with Crippen LogP contribution in [0.15, 0.2) is 47.5 Å². The van der Waals surface area contributed by atoms with Gasteiger partial charge in [-0.3, -0.25) is 9.78 Å². The molecule has 0 aliphatic carbocycles. The molecule has 21 heavy (non-hydrogen) atoms. The van der Waals surface area contributed by atoms with E-state index < -0.39 is 15.7 Å². The summed E-state index contributed by atoms with van der Waals surface area (Å²) in [5.74, 6) is -0.414. The van der Waals surface area contributed by atoms with Crippen molar-refractivity contribution < 1.29 is 13.2 Å². The molecule has 1 amide bonds. The number of sulfone groups is 1. The molecule has 1 heterocycles. The van der Waals surface area contributed by atoms with Crippen LogP contribution >= 0.6 is 0 Å². The molecule has 0 saturated carbocycles. The topological polar surface area (TPSA) is 102 Å². The average Bonchev–Trinajstić information content (AvgIpc) is 2.46. The number of rotatable bonds is 4. The molecule has 110 valence electrons. The van der Waals surface area contributed by atoms with Crippen molar-refractivity contribution in [3.8, 4) is 0 Å². The number of benzene rings is 1. The lowest BCUT2D eigenvalue weighted by Crippen LogP contribution is -2.15. The third-order valence-electron chi connectivity index (χ3n) is 2.82. The summed E-state index contributed by atoms with van der Waals surface area (Å²) in [6.45, 7) is 0.223. The maximum atomic E-state index is 12.2. The van der Waals surface area contributed by atoms with E-state index in [9.17, 15) is 13.2 Å². The molecule has 0 spiro atoms. The van der Waals surface area contributed by atoms with Gasteiger partial charge in [-0.05, 0) is 24.3 Å². The maximum Gasteiger partial charge on any atom is 0.255 e. The molecule has 0 atom stereocenters. The van der Waals surface area contributed by atoms with E-state index in [2.05, 4.69) is 10.3 Å². The van der Waals surface area contributed by atoms with Gasteiger partial charge in [0.15, 0.2) is 9.84 Å². The molecule has 6 nitrogen and oxygen atoms in total. The molecule has 0 saturated heterocycles. The highest BCUT2D eigenvalue weighted by molar-refractivity contribution is 7.90. The summed E-state index contributed by atoms with van der Waals surface area (Å²) in [4.78, 5) is 16.3. The van der Waals surface area contributed by atoms with Crippen LogP contribution in [-0.4, -0.2) is 25.6 Å². The first kappa shape index (κ1) is 15.1. The minimum absolute atomic E-state index is 0.0754. The number of carbonyl (C=O) groups is 1. The lowest BCUT2D eigenvalue weighted by molar-refractivity contribution is 0.102. The van der Waals surface area contributed by atoms with Gasteiger partial charge in [0.25, 0.3) is 5.91 Å². The number of amides is 1. The average molecular weight is 305 g/mol. The fourth-order valence-corrected chi connectivity index (χ4v) is 2.66. The Hall–Kier alpha value is -2.25. The molecule has 0 aliphatic rings. The van der Waals surface area contributed by atoms with Gasteiger partial charge in [-0.15, -0.1) is 0 Å². The molecular weight excluding hydrogens is 290 g/mol. The van der Waals surface area contributed by atoms with Crippen molar-refractivity contribution >= 4 is 21.4 Å². The smallest absolute Gasteiger partial charge is 0.255 e. The van der Waals surface area contributed by atoms with E-state index in [1.165, 1.54) is 18.3 Å². The van der Waals surface area contributed by atoms with E-state index in [0.29, 0.717) is 11.3 Å². The van der Waals surface area contributed by atoms with Gasteiger partial charge in [0.1, 0.15) is 0 Å². The summed E-state index contributed by atoms with van der Waals surface area (Å²) in [7, 11) is -3.42. The first-order valence-electron chi connectivity index (χ1n) is 6.17. The van der Waals surface area contributed by atoms with Gasteiger partial charge in [0, 0.05) is 24.6 Å². The Morgan fingerprint density at radius 3 is 2.67 bits per heavy atom. The van der Waals surface area contributed by atoms with Gasteiger partial charge >= 0.3 is 0 Å². The Morgan fingerprint density at radius 2 is 2.00 bits per heavy atom. The van der Waals surface area contributed by atoms with Crippen LogP contribution in [0.25, 0.3) is 0 Å². The van der Waals surface area contributed by atoms with Crippen LogP contribution in [0.2, 0.25) is 0 Å².